The second kappa shape index (κ2) is 9.82. The summed E-state index contributed by atoms with van der Waals surface area (Å²) < 4.78 is 5.27. The van der Waals surface area contributed by atoms with Gasteiger partial charge in [-0.1, -0.05) is 12.1 Å². The Morgan fingerprint density at radius 2 is 2.05 bits per heavy atom. The smallest absolute Gasteiger partial charge is 0.191 e. The Kier molecular flexibility index (Phi) is 7.85. The monoisotopic (exact) mass is 274 g/mol. The zero-order chi connectivity index (χ0) is 14.6. The topological polar surface area (TPSA) is 69.4 Å². The van der Waals surface area contributed by atoms with E-state index in [-0.39, 0.29) is 0 Å². The minimum absolute atomic E-state index is 0.673. The van der Waals surface area contributed by atoms with Gasteiger partial charge in [0, 0.05) is 33.4 Å². The molecule has 5 nitrogen and oxygen atoms in total. The molecule has 0 unspecified atom stereocenters. The number of benzene rings is 1. The minimum Gasteiger partial charge on any atom is -0.382 e. The molecule has 0 bridgehead atoms. The first-order chi connectivity index (χ1) is 9.80. The molecular weight excluding hydrogens is 252 g/mol. The van der Waals surface area contributed by atoms with Crippen molar-refractivity contribution in [1.82, 2.24) is 10.6 Å². The Bertz CT molecular complexity index is 448. The fourth-order valence-electron chi connectivity index (χ4n) is 1.63. The molecule has 0 atom stereocenters. The van der Waals surface area contributed by atoms with Crippen molar-refractivity contribution < 1.29 is 4.74 Å². The Hall–Kier alpha value is -2.06. The highest BCUT2D eigenvalue weighted by Crippen LogP contribution is 2.02. The van der Waals surface area contributed by atoms with Gasteiger partial charge in [0.2, 0.25) is 0 Å². The lowest BCUT2D eigenvalue weighted by molar-refractivity contribution is 0.145. The molecule has 0 aliphatic carbocycles. The number of hydrogen-bond acceptors (Lipinski definition) is 3. The van der Waals surface area contributed by atoms with Crippen LogP contribution in [0.2, 0.25) is 0 Å². The summed E-state index contributed by atoms with van der Waals surface area (Å²) >= 11 is 0. The molecule has 0 saturated carbocycles. The molecule has 0 fully saturated rings. The first-order valence-electron chi connectivity index (χ1n) is 6.81. The maximum Gasteiger partial charge on any atom is 0.191 e. The van der Waals surface area contributed by atoms with Crippen LogP contribution in [0.4, 0.5) is 0 Å². The van der Waals surface area contributed by atoms with Crippen LogP contribution in [0, 0.1) is 11.3 Å². The largest absolute Gasteiger partial charge is 0.382 e. The molecule has 0 radical (unpaired) electrons. The highest BCUT2D eigenvalue weighted by Gasteiger charge is 1.98. The van der Waals surface area contributed by atoms with Crippen LogP contribution in [0.15, 0.2) is 29.3 Å². The van der Waals surface area contributed by atoms with Crippen LogP contribution < -0.4 is 10.6 Å². The number of aliphatic imine (C=N–C) groups is 1. The van der Waals surface area contributed by atoms with Crippen molar-refractivity contribution in [3.8, 4) is 6.07 Å². The third-order valence-corrected chi connectivity index (χ3v) is 2.73. The summed E-state index contributed by atoms with van der Waals surface area (Å²) in [5.74, 6) is 0.769. The predicted octanol–water partition coefficient (Wildman–Crippen LogP) is 1.65. The summed E-state index contributed by atoms with van der Waals surface area (Å²) in [6.45, 7) is 5.01. The third-order valence-electron chi connectivity index (χ3n) is 2.73. The highest BCUT2D eigenvalue weighted by atomic mass is 16.5. The first-order valence-corrected chi connectivity index (χ1v) is 6.81. The molecule has 0 aromatic heterocycles. The lowest BCUT2D eigenvalue weighted by Crippen LogP contribution is -2.37. The Labute approximate surface area is 120 Å². The van der Waals surface area contributed by atoms with Crippen LogP contribution in [0.5, 0.6) is 0 Å². The van der Waals surface area contributed by atoms with E-state index in [4.69, 9.17) is 10.00 Å². The molecule has 108 valence electrons. The highest BCUT2D eigenvalue weighted by molar-refractivity contribution is 5.79. The first kappa shape index (κ1) is 16.0. The third kappa shape index (κ3) is 6.21. The van der Waals surface area contributed by atoms with Gasteiger partial charge < -0.3 is 15.4 Å². The number of nitrogens with one attached hydrogen (secondary N) is 2. The van der Waals surface area contributed by atoms with Gasteiger partial charge in [-0.05, 0) is 31.0 Å². The van der Waals surface area contributed by atoms with Gasteiger partial charge in [0.05, 0.1) is 11.6 Å². The average molecular weight is 274 g/mol. The van der Waals surface area contributed by atoms with E-state index in [1.165, 1.54) is 0 Å². The summed E-state index contributed by atoms with van der Waals surface area (Å²) in [6.07, 6.45) is 0.950. The standard InChI is InChI=1S/C15H22N4O/c1-3-20-10-4-9-18-15(17-2)19-12-14-7-5-13(11-16)6-8-14/h5-8H,3-4,9-10,12H2,1-2H3,(H2,17,18,19). The summed E-state index contributed by atoms with van der Waals surface area (Å²) in [6, 6.07) is 9.61. The van der Waals surface area contributed by atoms with Crippen molar-refractivity contribution in [2.24, 2.45) is 4.99 Å². The molecular formula is C15H22N4O. The normalized spacial score (nSPS) is 10.9. The fourth-order valence-corrected chi connectivity index (χ4v) is 1.63. The van der Waals surface area contributed by atoms with Crippen molar-refractivity contribution in [3.05, 3.63) is 35.4 Å². The van der Waals surface area contributed by atoms with Crippen LogP contribution >= 0.6 is 0 Å². The summed E-state index contributed by atoms with van der Waals surface area (Å²) in [7, 11) is 1.75. The van der Waals surface area contributed by atoms with Gasteiger partial charge in [-0.2, -0.15) is 5.26 Å². The van der Waals surface area contributed by atoms with Crippen LogP contribution in [-0.2, 0) is 11.3 Å². The molecule has 0 heterocycles. The molecule has 0 aliphatic rings. The van der Waals surface area contributed by atoms with E-state index < -0.39 is 0 Å². The van der Waals surface area contributed by atoms with Gasteiger partial charge in [0.1, 0.15) is 0 Å². The van der Waals surface area contributed by atoms with E-state index in [2.05, 4.69) is 21.7 Å². The zero-order valence-corrected chi connectivity index (χ0v) is 12.1. The number of nitrogens with zero attached hydrogens (tertiary/aromatic N) is 2. The SMILES string of the molecule is CCOCCCNC(=NC)NCc1ccc(C#N)cc1. The van der Waals surface area contributed by atoms with E-state index in [1.807, 2.05) is 31.2 Å². The molecule has 1 aromatic rings. The minimum atomic E-state index is 0.673. The van der Waals surface area contributed by atoms with Gasteiger partial charge in [-0.25, -0.2) is 0 Å². The maximum absolute atomic E-state index is 8.74. The second-order valence-electron chi connectivity index (χ2n) is 4.21. The van der Waals surface area contributed by atoms with Crippen LogP contribution in [0.25, 0.3) is 0 Å². The van der Waals surface area contributed by atoms with E-state index in [9.17, 15) is 0 Å². The molecule has 2 N–H and O–H groups in total. The number of guanidine groups is 1. The van der Waals surface area contributed by atoms with Crippen LogP contribution in [-0.4, -0.2) is 32.8 Å². The molecule has 1 rings (SSSR count). The molecule has 0 aliphatic heterocycles. The van der Waals surface area contributed by atoms with Crippen molar-refractivity contribution in [1.29, 1.82) is 5.26 Å². The van der Waals surface area contributed by atoms with Gasteiger partial charge in [-0.15, -0.1) is 0 Å². The number of hydrogen-bond donors (Lipinski definition) is 2. The number of nitriles is 1. The Morgan fingerprint density at radius 3 is 2.65 bits per heavy atom. The van der Waals surface area contributed by atoms with Crippen LogP contribution in [0.3, 0.4) is 0 Å². The summed E-state index contributed by atoms with van der Waals surface area (Å²) in [5.41, 5.74) is 1.79. The van der Waals surface area contributed by atoms with Gasteiger partial charge >= 0.3 is 0 Å². The Morgan fingerprint density at radius 1 is 1.30 bits per heavy atom. The van der Waals surface area contributed by atoms with E-state index in [1.54, 1.807) is 7.05 Å². The number of ether oxygens (including phenoxy) is 1. The van der Waals surface area contributed by atoms with E-state index >= 15 is 0 Å². The lowest BCUT2D eigenvalue weighted by atomic mass is 10.1. The fraction of sp³-hybridized carbons (Fsp3) is 0.467. The molecule has 1 aromatic carbocycles. The number of rotatable bonds is 7. The molecule has 5 heteroatoms. The van der Waals surface area contributed by atoms with Gasteiger partial charge in [0.15, 0.2) is 5.96 Å². The van der Waals surface area contributed by atoms with Crippen molar-refractivity contribution in [3.63, 3.8) is 0 Å². The quantitative estimate of drug-likeness (QED) is 0.450. The van der Waals surface area contributed by atoms with Gasteiger partial charge in [-0.3, -0.25) is 4.99 Å². The molecule has 0 spiro atoms. The molecule has 0 amide bonds. The predicted molar refractivity (Wildman–Crippen MR) is 80.5 cm³/mol. The van der Waals surface area contributed by atoms with Crippen molar-refractivity contribution in [2.45, 2.75) is 19.9 Å². The van der Waals surface area contributed by atoms with E-state index in [0.717, 1.165) is 37.7 Å². The summed E-state index contributed by atoms with van der Waals surface area (Å²) in [4.78, 5) is 4.16. The van der Waals surface area contributed by atoms with E-state index in [0.29, 0.717) is 12.1 Å². The Balaban J connectivity index is 2.28. The molecule has 0 saturated heterocycles. The maximum atomic E-state index is 8.74. The van der Waals surface area contributed by atoms with Gasteiger partial charge in [0.25, 0.3) is 0 Å². The zero-order valence-electron chi connectivity index (χ0n) is 12.1. The van der Waals surface area contributed by atoms with Crippen LogP contribution in [0.1, 0.15) is 24.5 Å². The average Bonchev–Trinajstić information content (AvgIpc) is 2.50. The molecule has 20 heavy (non-hydrogen) atoms. The van der Waals surface area contributed by atoms with Crippen molar-refractivity contribution >= 4 is 5.96 Å². The second-order valence-corrected chi connectivity index (χ2v) is 4.21. The lowest BCUT2D eigenvalue weighted by Gasteiger charge is -2.11. The van der Waals surface area contributed by atoms with Crippen molar-refractivity contribution in [2.75, 3.05) is 26.8 Å². The summed E-state index contributed by atoms with van der Waals surface area (Å²) in [5, 5.41) is 15.2.